The highest BCUT2D eigenvalue weighted by molar-refractivity contribution is 6.31. The van der Waals surface area contributed by atoms with Crippen LogP contribution in [-0.4, -0.2) is 47.2 Å². The Morgan fingerprint density at radius 3 is 2.53 bits per heavy atom. The number of aromatic nitrogens is 1. The van der Waals surface area contributed by atoms with Gasteiger partial charge in [0.1, 0.15) is 6.04 Å². The molecular formula is C28H37ClN4O3. The first-order chi connectivity index (χ1) is 17.4. The summed E-state index contributed by atoms with van der Waals surface area (Å²) in [5.41, 5.74) is 1.77. The van der Waals surface area contributed by atoms with Gasteiger partial charge in [0.05, 0.1) is 23.5 Å². The van der Waals surface area contributed by atoms with Crippen LogP contribution in [0.15, 0.2) is 42.6 Å². The van der Waals surface area contributed by atoms with Gasteiger partial charge in [-0.05, 0) is 43.2 Å². The van der Waals surface area contributed by atoms with Gasteiger partial charge in [-0.1, -0.05) is 63.1 Å². The number of anilines is 1. The fourth-order valence-electron chi connectivity index (χ4n) is 4.53. The number of hydrogen-bond acceptors (Lipinski definition) is 4. The number of benzene rings is 1. The maximum atomic E-state index is 13.7. The van der Waals surface area contributed by atoms with Gasteiger partial charge in [0, 0.05) is 31.2 Å². The number of hydrogen-bond donors (Lipinski definition) is 1. The SMILES string of the molecule is CCCCCCCCCN1C(=O)[C@@H](CCC(=O)NCc2ccccn2)N(C)C(=O)c2ccc(Cl)cc21. The van der Waals surface area contributed by atoms with E-state index in [9.17, 15) is 14.4 Å². The summed E-state index contributed by atoms with van der Waals surface area (Å²) >= 11 is 6.26. The van der Waals surface area contributed by atoms with Crippen molar-refractivity contribution in [3.05, 3.63) is 58.9 Å². The normalized spacial score (nSPS) is 15.6. The molecule has 0 spiro atoms. The van der Waals surface area contributed by atoms with Gasteiger partial charge < -0.3 is 15.1 Å². The van der Waals surface area contributed by atoms with Crippen molar-refractivity contribution in [2.24, 2.45) is 0 Å². The molecule has 0 radical (unpaired) electrons. The van der Waals surface area contributed by atoms with Gasteiger partial charge in [-0.2, -0.15) is 0 Å². The van der Waals surface area contributed by atoms with Crippen LogP contribution in [0.25, 0.3) is 0 Å². The second-order valence-electron chi connectivity index (χ2n) is 9.34. The maximum absolute atomic E-state index is 13.7. The van der Waals surface area contributed by atoms with Crippen LogP contribution in [0.4, 0.5) is 5.69 Å². The van der Waals surface area contributed by atoms with Gasteiger partial charge in [-0.25, -0.2) is 0 Å². The topological polar surface area (TPSA) is 82.6 Å². The van der Waals surface area contributed by atoms with E-state index in [2.05, 4.69) is 17.2 Å². The third-order valence-corrected chi connectivity index (χ3v) is 6.88. The van der Waals surface area contributed by atoms with Crippen molar-refractivity contribution >= 4 is 35.0 Å². The van der Waals surface area contributed by atoms with E-state index >= 15 is 0 Å². The Balaban J connectivity index is 1.67. The summed E-state index contributed by atoms with van der Waals surface area (Å²) in [6.45, 7) is 3.04. The molecule has 0 aliphatic carbocycles. The number of likely N-dealkylation sites (N-methyl/N-ethyl adjacent to an activating group) is 1. The Kier molecular flexibility index (Phi) is 10.7. The number of carbonyl (C=O) groups is 3. The molecule has 194 valence electrons. The van der Waals surface area contributed by atoms with Crippen LogP contribution in [0.2, 0.25) is 5.02 Å². The summed E-state index contributed by atoms with van der Waals surface area (Å²) in [5, 5.41) is 3.33. The van der Waals surface area contributed by atoms with E-state index in [1.165, 1.54) is 30.6 Å². The zero-order valence-electron chi connectivity index (χ0n) is 21.3. The zero-order chi connectivity index (χ0) is 25.9. The molecule has 2 aromatic rings. The van der Waals surface area contributed by atoms with E-state index in [-0.39, 0.29) is 30.6 Å². The molecule has 1 aliphatic heterocycles. The molecule has 1 atom stereocenters. The number of amides is 3. The molecule has 1 aromatic heterocycles. The summed E-state index contributed by atoms with van der Waals surface area (Å²) < 4.78 is 0. The van der Waals surface area contributed by atoms with E-state index in [0.717, 1.165) is 25.0 Å². The van der Waals surface area contributed by atoms with Crippen LogP contribution < -0.4 is 10.2 Å². The number of halogens is 1. The van der Waals surface area contributed by atoms with Crippen molar-refractivity contribution < 1.29 is 14.4 Å². The van der Waals surface area contributed by atoms with Gasteiger partial charge in [-0.15, -0.1) is 0 Å². The van der Waals surface area contributed by atoms with Crippen molar-refractivity contribution in [1.82, 2.24) is 15.2 Å². The first-order valence-corrected chi connectivity index (χ1v) is 13.3. The lowest BCUT2D eigenvalue weighted by molar-refractivity contribution is -0.124. The highest BCUT2D eigenvalue weighted by atomic mass is 35.5. The Bertz CT molecular complexity index is 1030. The Morgan fingerprint density at radius 2 is 1.81 bits per heavy atom. The fraction of sp³-hybridized carbons (Fsp3) is 0.500. The maximum Gasteiger partial charge on any atom is 0.256 e. The number of rotatable bonds is 13. The predicted molar refractivity (Wildman–Crippen MR) is 143 cm³/mol. The predicted octanol–water partition coefficient (Wildman–Crippen LogP) is 5.37. The minimum absolute atomic E-state index is 0.128. The van der Waals surface area contributed by atoms with Crippen molar-refractivity contribution in [3.8, 4) is 0 Å². The van der Waals surface area contributed by atoms with Gasteiger partial charge in [0.25, 0.3) is 5.91 Å². The first-order valence-electron chi connectivity index (χ1n) is 13.0. The molecule has 0 bridgehead atoms. The summed E-state index contributed by atoms with van der Waals surface area (Å²) in [7, 11) is 1.63. The molecule has 8 heteroatoms. The zero-order valence-corrected chi connectivity index (χ0v) is 22.1. The monoisotopic (exact) mass is 512 g/mol. The van der Waals surface area contributed by atoms with Crippen LogP contribution in [0.1, 0.15) is 80.8 Å². The molecule has 2 heterocycles. The molecule has 0 fully saturated rings. The second kappa shape index (κ2) is 14.0. The molecule has 0 saturated carbocycles. The summed E-state index contributed by atoms with van der Waals surface area (Å²) in [5.74, 6) is -0.593. The molecular weight excluding hydrogens is 476 g/mol. The molecule has 0 saturated heterocycles. The number of nitrogens with one attached hydrogen (secondary N) is 1. The fourth-order valence-corrected chi connectivity index (χ4v) is 4.69. The Hall–Kier alpha value is -2.93. The third-order valence-electron chi connectivity index (χ3n) is 6.64. The van der Waals surface area contributed by atoms with E-state index < -0.39 is 6.04 Å². The van der Waals surface area contributed by atoms with Crippen molar-refractivity contribution in [2.45, 2.75) is 77.3 Å². The first kappa shape index (κ1) is 27.7. The Labute approximate surface area is 219 Å². The van der Waals surface area contributed by atoms with Crippen LogP contribution in [0.5, 0.6) is 0 Å². The van der Waals surface area contributed by atoms with Crippen molar-refractivity contribution in [3.63, 3.8) is 0 Å². The van der Waals surface area contributed by atoms with E-state index in [0.29, 0.717) is 29.4 Å². The minimum atomic E-state index is -0.728. The van der Waals surface area contributed by atoms with E-state index in [1.807, 2.05) is 18.2 Å². The Morgan fingerprint density at radius 1 is 1.06 bits per heavy atom. The van der Waals surface area contributed by atoms with Crippen LogP contribution >= 0.6 is 11.6 Å². The quantitative estimate of drug-likeness (QED) is 0.366. The summed E-state index contributed by atoms with van der Waals surface area (Å²) in [4.78, 5) is 46.9. The average Bonchev–Trinajstić information content (AvgIpc) is 2.95. The largest absolute Gasteiger partial charge is 0.350 e. The van der Waals surface area contributed by atoms with Gasteiger partial charge >= 0.3 is 0 Å². The molecule has 7 nitrogen and oxygen atoms in total. The van der Waals surface area contributed by atoms with Crippen molar-refractivity contribution in [1.29, 1.82) is 0 Å². The van der Waals surface area contributed by atoms with Gasteiger partial charge in [0.2, 0.25) is 11.8 Å². The van der Waals surface area contributed by atoms with Crippen LogP contribution in [0, 0.1) is 0 Å². The van der Waals surface area contributed by atoms with Crippen LogP contribution in [0.3, 0.4) is 0 Å². The van der Waals surface area contributed by atoms with Gasteiger partial charge in [0.15, 0.2) is 0 Å². The second-order valence-corrected chi connectivity index (χ2v) is 9.78. The highest BCUT2D eigenvalue weighted by Gasteiger charge is 2.37. The lowest BCUT2D eigenvalue weighted by Gasteiger charge is -2.28. The van der Waals surface area contributed by atoms with E-state index in [1.54, 1.807) is 36.3 Å². The molecule has 1 N–H and O–H groups in total. The molecule has 3 rings (SSSR count). The number of carbonyl (C=O) groups excluding carboxylic acids is 3. The minimum Gasteiger partial charge on any atom is -0.350 e. The molecule has 1 aromatic carbocycles. The van der Waals surface area contributed by atoms with Gasteiger partial charge in [-0.3, -0.25) is 19.4 Å². The molecule has 36 heavy (non-hydrogen) atoms. The summed E-state index contributed by atoms with van der Waals surface area (Å²) in [6.07, 6.45) is 9.94. The smallest absolute Gasteiger partial charge is 0.256 e. The highest BCUT2D eigenvalue weighted by Crippen LogP contribution is 2.31. The number of pyridine rings is 1. The lowest BCUT2D eigenvalue weighted by atomic mass is 10.1. The molecule has 0 unspecified atom stereocenters. The third kappa shape index (κ3) is 7.53. The van der Waals surface area contributed by atoms with Crippen LogP contribution in [-0.2, 0) is 16.1 Å². The van der Waals surface area contributed by atoms with Crippen molar-refractivity contribution in [2.75, 3.05) is 18.5 Å². The molecule has 3 amide bonds. The molecule has 1 aliphatic rings. The summed E-state index contributed by atoms with van der Waals surface area (Å²) in [6, 6.07) is 9.85. The number of unbranched alkanes of at least 4 members (excludes halogenated alkanes) is 6. The number of fused-ring (bicyclic) bond motifs is 1. The number of nitrogens with zero attached hydrogens (tertiary/aromatic N) is 3. The lowest BCUT2D eigenvalue weighted by Crippen LogP contribution is -2.47. The average molecular weight is 513 g/mol. The van der Waals surface area contributed by atoms with E-state index in [4.69, 9.17) is 11.6 Å². The standard InChI is InChI=1S/C28H37ClN4O3/c1-3-4-5-6-7-8-11-18-33-25-19-21(29)13-14-23(25)27(35)32(2)24(28(33)36)15-16-26(34)31-20-22-12-9-10-17-30-22/h9-10,12-14,17,19,24H,3-8,11,15-16,18,20H2,1-2H3,(H,31,34)/t24-/m1/s1.